The molecule has 1 aromatic heterocycles. The van der Waals surface area contributed by atoms with E-state index in [0.717, 1.165) is 31.9 Å². The molecule has 1 aliphatic carbocycles. The van der Waals surface area contributed by atoms with Crippen molar-refractivity contribution < 1.29 is 18.3 Å². The number of rotatable bonds is 8. The molecule has 1 fully saturated rings. The molecule has 10 heteroatoms. The fourth-order valence-corrected chi connectivity index (χ4v) is 4.31. The third-order valence-electron chi connectivity index (χ3n) is 5.31. The zero-order valence-electron chi connectivity index (χ0n) is 17.1. The van der Waals surface area contributed by atoms with E-state index in [0.29, 0.717) is 23.6 Å². The Balaban J connectivity index is 2.03. The van der Waals surface area contributed by atoms with Crippen LogP contribution in [0.5, 0.6) is 0 Å². The maximum atomic E-state index is 12.0. The summed E-state index contributed by atoms with van der Waals surface area (Å²) in [4.78, 5) is 21.1. The minimum Gasteiger partial charge on any atom is -0.394 e. The Morgan fingerprint density at radius 2 is 1.93 bits per heavy atom. The van der Waals surface area contributed by atoms with Crippen molar-refractivity contribution in [1.82, 2.24) is 9.97 Å². The molecule has 9 nitrogen and oxygen atoms in total. The van der Waals surface area contributed by atoms with Gasteiger partial charge in [0.05, 0.1) is 22.7 Å². The molecule has 0 aliphatic heterocycles. The summed E-state index contributed by atoms with van der Waals surface area (Å²) in [5.74, 6) is -0.151. The molecule has 1 heterocycles. The fraction of sp³-hybridized carbons (Fsp3) is 0.450. The maximum Gasteiger partial charge on any atom is 0.271 e. The maximum absolute atomic E-state index is 12.0. The van der Waals surface area contributed by atoms with E-state index in [1.165, 1.54) is 12.1 Å². The number of primary amides is 1. The van der Waals surface area contributed by atoms with Gasteiger partial charge in [-0.15, -0.1) is 0 Å². The van der Waals surface area contributed by atoms with Gasteiger partial charge in [0, 0.05) is 11.9 Å². The number of aromatic nitrogens is 2. The molecule has 0 bridgehead atoms. The van der Waals surface area contributed by atoms with Gasteiger partial charge in [-0.1, -0.05) is 25.8 Å². The molecule has 0 radical (unpaired) electrons. The molecule has 1 amide bonds. The van der Waals surface area contributed by atoms with Crippen LogP contribution in [-0.4, -0.2) is 47.8 Å². The summed E-state index contributed by atoms with van der Waals surface area (Å²) in [7, 11) is -3.40. The van der Waals surface area contributed by atoms with E-state index in [-0.39, 0.29) is 23.0 Å². The first kappa shape index (κ1) is 22.0. The molecule has 162 valence electrons. The highest BCUT2D eigenvalue weighted by atomic mass is 32.2. The number of amides is 1. The first-order chi connectivity index (χ1) is 14.2. The second-order valence-corrected chi connectivity index (χ2v) is 9.65. The average Bonchev–Trinajstić information content (AvgIpc) is 3.16. The normalized spacial score (nSPS) is 15.7. The van der Waals surface area contributed by atoms with Crippen LogP contribution in [0.3, 0.4) is 0 Å². The van der Waals surface area contributed by atoms with Crippen LogP contribution in [0, 0.1) is 0 Å². The second-order valence-electron chi connectivity index (χ2n) is 7.63. The molecule has 5 N–H and O–H groups in total. The lowest BCUT2D eigenvalue weighted by Crippen LogP contribution is -2.40. The summed E-state index contributed by atoms with van der Waals surface area (Å²) in [6.07, 6.45) is 5.27. The summed E-state index contributed by atoms with van der Waals surface area (Å²) in [6, 6.07) is 6.19. The van der Waals surface area contributed by atoms with Crippen LogP contribution in [0.1, 0.15) is 48.8 Å². The predicted octanol–water partition coefficient (Wildman–Crippen LogP) is 2.00. The number of aliphatic hydroxyl groups excluding tert-OH is 1. The van der Waals surface area contributed by atoms with Crippen LogP contribution < -0.4 is 16.4 Å². The van der Waals surface area contributed by atoms with Gasteiger partial charge in [-0.05, 0) is 37.5 Å². The molecule has 0 unspecified atom stereocenters. The summed E-state index contributed by atoms with van der Waals surface area (Å²) < 4.78 is 23.7. The number of carbonyl (C=O) groups excluding carboxylic acids is 1. The Labute approximate surface area is 176 Å². The van der Waals surface area contributed by atoms with Crippen LogP contribution in [0.4, 0.5) is 17.3 Å². The molecule has 30 heavy (non-hydrogen) atoms. The zero-order chi connectivity index (χ0) is 21.9. The Morgan fingerprint density at radius 3 is 2.50 bits per heavy atom. The number of nitrogens with one attached hydrogen (secondary N) is 2. The lowest BCUT2D eigenvalue weighted by Gasteiger charge is -2.29. The highest BCUT2D eigenvalue weighted by molar-refractivity contribution is 7.90. The number of hydrogen-bond acceptors (Lipinski definition) is 8. The lowest BCUT2D eigenvalue weighted by molar-refractivity contribution is 0.0996. The van der Waals surface area contributed by atoms with Crippen molar-refractivity contribution >= 4 is 33.1 Å². The van der Waals surface area contributed by atoms with Crippen molar-refractivity contribution in [1.29, 1.82) is 0 Å². The molecular weight excluding hydrogens is 406 g/mol. The highest BCUT2D eigenvalue weighted by Gasteiger charge is 2.34. The zero-order valence-corrected chi connectivity index (χ0v) is 17.9. The van der Waals surface area contributed by atoms with Gasteiger partial charge in [0.1, 0.15) is 0 Å². The lowest BCUT2D eigenvalue weighted by atomic mass is 9.99. The summed E-state index contributed by atoms with van der Waals surface area (Å²) in [5.41, 5.74) is 6.01. The molecule has 0 saturated heterocycles. The first-order valence-electron chi connectivity index (χ1n) is 9.84. The number of nitrogens with zero attached hydrogens (tertiary/aromatic N) is 2. The molecule has 0 atom stereocenters. The van der Waals surface area contributed by atoms with Crippen molar-refractivity contribution in [3.8, 4) is 0 Å². The van der Waals surface area contributed by atoms with Crippen molar-refractivity contribution in [2.24, 2.45) is 5.73 Å². The molecule has 1 aromatic carbocycles. The number of aliphatic hydroxyl groups is 1. The van der Waals surface area contributed by atoms with Gasteiger partial charge in [0.25, 0.3) is 5.91 Å². The van der Waals surface area contributed by atoms with Crippen molar-refractivity contribution in [2.75, 3.05) is 23.5 Å². The van der Waals surface area contributed by atoms with E-state index >= 15 is 0 Å². The molecule has 1 aliphatic rings. The van der Waals surface area contributed by atoms with Gasteiger partial charge in [0.15, 0.2) is 27.2 Å². The number of anilines is 3. The minimum absolute atomic E-state index is 0.0332. The van der Waals surface area contributed by atoms with Crippen LogP contribution in [0.25, 0.3) is 0 Å². The van der Waals surface area contributed by atoms with E-state index < -0.39 is 21.3 Å². The summed E-state index contributed by atoms with van der Waals surface area (Å²) >= 11 is 0. The number of aryl methyl sites for hydroxylation is 1. The smallest absolute Gasteiger partial charge is 0.271 e. The Morgan fingerprint density at radius 1 is 1.23 bits per heavy atom. The van der Waals surface area contributed by atoms with Crippen molar-refractivity contribution in [3.05, 3.63) is 35.7 Å². The van der Waals surface area contributed by atoms with Crippen LogP contribution in [0.15, 0.2) is 29.2 Å². The third-order valence-corrected chi connectivity index (χ3v) is 6.42. The van der Waals surface area contributed by atoms with Gasteiger partial charge in [-0.3, -0.25) is 4.79 Å². The predicted molar refractivity (Wildman–Crippen MR) is 115 cm³/mol. The quantitative estimate of drug-likeness (QED) is 0.494. The van der Waals surface area contributed by atoms with E-state index in [1.807, 2.05) is 6.92 Å². The number of benzene rings is 1. The standard InChI is InChI=1S/C20H27N5O4S/c1-3-15-18(25-20(12-26)9-4-5-10-20)24-19(16(23-15)17(21)27)22-13-7-6-8-14(11-13)30(2,28)29/h6-8,11,26H,3-5,9-10,12H2,1-2H3,(H2,21,27)(H2,22,24,25). The monoisotopic (exact) mass is 433 g/mol. The molecule has 1 saturated carbocycles. The molecular formula is C20H27N5O4S. The fourth-order valence-electron chi connectivity index (χ4n) is 3.64. The molecule has 2 aromatic rings. The van der Waals surface area contributed by atoms with E-state index in [9.17, 15) is 18.3 Å². The number of nitrogens with two attached hydrogens (primary N) is 1. The summed E-state index contributed by atoms with van der Waals surface area (Å²) in [5, 5.41) is 16.3. The van der Waals surface area contributed by atoms with Crippen LogP contribution in [-0.2, 0) is 16.3 Å². The minimum atomic E-state index is -3.40. The average molecular weight is 434 g/mol. The van der Waals surface area contributed by atoms with Crippen molar-refractivity contribution in [3.63, 3.8) is 0 Å². The Bertz CT molecular complexity index is 1050. The Hall–Kier alpha value is -2.72. The largest absolute Gasteiger partial charge is 0.394 e. The highest BCUT2D eigenvalue weighted by Crippen LogP contribution is 2.34. The molecule has 3 rings (SSSR count). The van der Waals surface area contributed by atoms with E-state index in [2.05, 4.69) is 20.6 Å². The SMILES string of the molecule is CCc1nc(C(N)=O)c(Nc2cccc(S(C)(=O)=O)c2)nc1NC1(CO)CCCC1. The van der Waals surface area contributed by atoms with Gasteiger partial charge in [-0.2, -0.15) is 0 Å². The van der Waals surface area contributed by atoms with Gasteiger partial charge < -0.3 is 21.5 Å². The van der Waals surface area contributed by atoms with Gasteiger partial charge >= 0.3 is 0 Å². The van der Waals surface area contributed by atoms with Gasteiger partial charge in [0.2, 0.25) is 0 Å². The van der Waals surface area contributed by atoms with Gasteiger partial charge in [-0.25, -0.2) is 18.4 Å². The van der Waals surface area contributed by atoms with E-state index in [4.69, 9.17) is 5.73 Å². The molecule has 0 spiro atoms. The van der Waals surface area contributed by atoms with Crippen LogP contribution >= 0.6 is 0 Å². The summed E-state index contributed by atoms with van der Waals surface area (Å²) in [6.45, 7) is 1.86. The topological polar surface area (TPSA) is 147 Å². The van der Waals surface area contributed by atoms with Crippen LogP contribution in [0.2, 0.25) is 0 Å². The Kier molecular flexibility index (Phi) is 6.27. The third kappa shape index (κ3) is 4.71. The van der Waals surface area contributed by atoms with Crippen molar-refractivity contribution in [2.45, 2.75) is 49.5 Å². The number of hydrogen-bond donors (Lipinski definition) is 4. The second kappa shape index (κ2) is 8.57. The van der Waals surface area contributed by atoms with E-state index in [1.54, 1.807) is 12.1 Å². The number of carbonyl (C=O) groups is 1. The first-order valence-corrected chi connectivity index (χ1v) is 11.7. The number of sulfone groups is 1.